The van der Waals surface area contributed by atoms with E-state index in [1.165, 1.54) is 0 Å². The van der Waals surface area contributed by atoms with Gasteiger partial charge in [0.25, 0.3) is 5.91 Å². The van der Waals surface area contributed by atoms with Crippen LogP contribution in [0.5, 0.6) is 5.75 Å². The molecule has 0 bridgehead atoms. The fourth-order valence-electron chi connectivity index (χ4n) is 5.48. The molecular weight excluding hydrogens is 494 g/mol. The highest BCUT2D eigenvalue weighted by atomic mass is 16.5. The van der Waals surface area contributed by atoms with Gasteiger partial charge in [0.1, 0.15) is 11.9 Å². The van der Waals surface area contributed by atoms with Crippen molar-refractivity contribution in [3.63, 3.8) is 0 Å². The first-order chi connectivity index (χ1) is 18.8. The quantitative estimate of drug-likeness (QED) is 0.473. The molecule has 0 aliphatic carbocycles. The van der Waals surface area contributed by atoms with E-state index in [1.807, 2.05) is 24.0 Å². The van der Waals surface area contributed by atoms with Crippen molar-refractivity contribution in [2.45, 2.75) is 46.1 Å². The highest BCUT2D eigenvalue weighted by molar-refractivity contribution is 6.01. The van der Waals surface area contributed by atoms with Gasteiger partial charge in [-0.25, -0.2) is 0 Å². The third-order valence-corrected chi connectivity index (χ3v) is 7.63. The average molecular weight is 534 g/mol. The van der Waals surface area contributed by atoms with Gasteiger partial charge in [-0.1, -0.05) is 19.9 Å². The third-order valence-electron chi connectivity index (χ3n) is 7.63. The van der Waals surface area contributed by atoms with Gasteiger partial charge in [0.05, 0.1) is 41.1 Å². The first-order valence-electron chi connectivity index (χ1n) is 14.0. The third kappa shape index (κ3) is 5.88. The number of amides is 2. The topological polar surface area (TPSA) is 99.8 Å². The van der Waals surface area contributed by atoms with Gasteiger partial charge in [0.15, 0.2) is 0 Å². The van der Waals surface area contributed by atoms with Gasteiger partial charge in [-0.3, -0.25) is 14.7 Å². The lowest BCUT2D eigenvalue weighted by Crippen LogP contribution is -2.49. The number of carbonyl (C=O) groups is 2. The summed E-state index contributed by atoms with van der Waals surface area (Å²) >= 11 is 0. The van der Waals surface area contributed by atoms with Crippen molar-refractivity contribution in [3.05, 3.63) is 41.6 Å². The number of rotatable bonds is 7. The lowest BCUT2D eigenvalue weighted by Gasteiger charge is -2.37. The number of ether oxygens (including phenoxy) is 2. The molecule has 9 nitrogen and oxygen atoms in total. The van der Waals surface area contributed by atoms with E-state index in [1.54, 1.807) is 7.05 Å². The van der Waals surface area contributed by atoms with E-state index < -0.39 is 0 Å². The minimum Gasteiger partial charge on any atom is -0.489 e. The van der Waals surface area contributed by atoms with Gasteiger partial charge in [-0.05, 0) is 48.2 Å². The Balaban J connectivity index is 1.47. The first kappa shape index (κ1) is 27.0. The lowest BCUT2D eigenvalue weighted by atomic mass is 9.99. The van der Waals surface area contributed by atoms with Crippen molar-refractivity contribution in [3.8, 4) is 16.9 Å². The predicted octanol–water partition coefficient (Wildman–Crippen LogP) is 4.15. The van der Waals surface area contributed by atoms with E-state index in [4.69, 9.17) is 9.47 Å². The second kappa shape index (κ2) is 11.7. The Morgan fingerprint density at radius 2 is 1.85 bits per heavy atom. The van der Waals surface area contributed by atoms with E-state index >= 15 is 0 Å². The van der Waals surface area contributed by atoms with E-state index in [9.17, 15) is 9.59 Å². The molecule has 0 radical (unpaired) electrons. The van der Waals surface area contributed by atoms with E-state index in [0.29, 0.717) is 57.3 Å². The highest BCUT2D eigenvalue weighted by Gasteiger charge is 2.25. The second-order valence-corrected chi connectivity index (χ2v) is 10.9. The molecule has 0 saturated carbocycles. The van der Waals surface area contributed by atoms with Gasteiger partial charge >= 0.3 is 0 Å². The molecule has 2 N–H and O–H groups in total. The molecule has 0 unspecified atom stereocenters. The molecule has 208 valence electrons. The van der Waals surface area contributed by atoms with Crippen molar-refractivity contribution in [2.24, 2.45) is 5.92 Å². The fraction of sp³-hybridized carbons (Fsp3) is 0.500. The number of hydrogen-bond acceptors (Lipinski definition) is 6. The molecule has 2 aromatic carbocycles. The molecule has 3 aromatic rings. The maximum absolute atomic E-state index is 12.8. The van der Waals surface area contributed by atoms with Crippen molar-refractivity contribution in [2.75, 3.05) is 51.3 Å². The zero-order valence-electron chi connectivity index (χ0n) is 23.4. The minimum atomic E-state index is -0.127. The summed E-state index contributed by atoms with van der Waals surface area (Å²) in [7, 11) is 1.65. The Labute approximate surface area is 229 Å². The number of aromatic nitrogens is 2. The van der Waals surface area contributed by atoms with Crippen molar-refractivity contribution < 1.29 is 19.1 Å². The van der Waals surface area contributed by atoms with Gasteiger partial charge in [0, 0.05) is 52.5 Å². The smallest absolute Gasteiger partial charge is 0.253 e. The standard InChI is InChI=1S/C30H39N5O4/c1-19(2)15-28(36)35-11-9-34(10-12-35)26-17-21(5-6-24(26)30(37)31-4)22-16-25-29(20(3)32-33-25)27(18-22)39-23-7-13-38-14-8-23/h5-6,16-19,23H,7-15H2,1-4H3,(H,31,37)(H,32,33). The fourth-order valence-corrected chi connectivity index (χ4v) is 5.48. The van der Waals surface area contributed by atoms with Crippen LogP contribution in [0.4, 0.5) is 5.69 Å². The maximum Gasteiger partial charge on any atom is 0.253 e. The van der Waals surface area contributed by atoms with Crippen LogP contribution >= 0.6 is 0 Å². The van der Waals surface area contributed by atoms with Crippen LogP contribution in [0.15, 0.2) is 30.3 Å². The van der Waals surface area contributed by atoms with Crippen molar-refractivity contribution in [1.29, 1.82) is 0 Å². The number of benzene rings is 2. The van der Waals surface area contributed by atoms with E-state index in [-0.39, 0.29) is 17.9 Å². The van der Waals surface area contributed by atoms with Crippen LogP contribution in [0, 0.1) is 12.8 Å². The van der Waals surface area contributed by atoms with Crippen LogP contribution in [0.3, 0.4) is 0 Å². The predicted molar refractivity (Wildman–Crippen MR) is 152 cm³/mol. The van der Waals surface area contributed by atoms with Crippen LogP contribution in [0.1, 0.15) is 49.2 Å². The van der Waals surface area contributed by atoms with E-state index in [0.717, 1.165) is 52.0 Å². The number of aryl methyl sites for hydroxylation is 1. The summed E-state index contributed by atoms with van der Waals surface area (Å²) in [5, 5.41) is 11.4. The molecule has 2 fully saturated rings. The zero-order valence-corrected chi connectivity index (χ0v) is 23.4. The summed E-state index contributed by atoms with van der Waals surface area (Å²) in [5.74, 6) is 1.22. The van der Waals surface area contributed by atoms with Crippen LogP contribution in [-0.4, -0.2) is 79.5 Å². The minimum absolute atomic E-state index is 0.104. The number of aromatic amines is 1. The molecule has 3 heterocycles. The Kier molecular flexibility index (Phi) is 8.07. The second-order valence-electron chi connectivity index (χ2n) is 10.9. The Morgan fingerprint density at radius 1 is 1.10 bits per heavy atom. The summed E-state index contributed by atoms with van der Waals surface area (Å²) in [5.41, 5.74) is 5.29. The summed E-state index contributed by atoms with van der Waals surface area (Å²) in [6.45, 7) is 10.2. The summed E-state index contributed by atoms with van der Waals surface area (Å²) < 4.78 is 12.0. The molecule has 2 amide bonds. The van der Waals surface area contributed by atoms with Gasteiger partial charge in [0.2, 0.25) is 5.91 Å². The molecular formula is C30H39N5O4. The van der Waals surface area contributed by atoms with Gasteiger partial charge < -0.3 is 24.6 Å². The van der Waals surface area contributed by atoms with Crippen molar-refractivity contribution >= 4 is 28.4 Å². The summed E-state index contributed by atoms with van der Waals surface area (Å²) in [4.78, 5) is 29.6. The molecule has 2 aliphatic rings. The number of hydrogen-bond donors (Lipinski definition) is 2. The molecule has 5 rings (SSSR count). The molecule has 39 heavy (non-hydrogen) atoms. The average Bonchev–Trinajstić information content (AvgIpc) is 3.33. The number of piperazine rings is 1. The first-order valence-corrected chi connectivity index (χ1v) is 14.0. The number of nitrogens with zero attached hydrogens (tertiary/aromatic N) is 3. The number of carbonyl (C=O) groups excluding carboxylic acids is 2. The molecule has 2 saturated heterocycles. The SMILES string of the molecule is CNC(=O)c1ccc(-c2cc(OC3CCOCC3)c3c(C)n[nH]c3c2)cc1N1CCN(C(=O)CC(C)C)CC1. The van der Waals surface area contributed by atoms with Crippen LogP contribution in [-0.2, 0) is 9.53 Å². The van der Waals surface area contributed by atoms with E-state index in [2.05, 4.69) is 52.5 Å². The molecule has 9 heteroatoms. The lowest BCUT2D eigenvalue weighted by molar-refractivity contribution is -0.132. The van der Waals surface area contributed by atoms with Crippen LogP contribution in [0.2, 0.25) is 0 Å². The Hall–Kier alpha value is -3.59. The molecule has 0 spiro atoms. The highest BCUT2D eigenvalue weighted by Crippen LogP contribution is 2.37. The monoisotopic (exact) mass is 533 g/mol. The zero-order chi connectivity index (χ0) is 27.5. The van der Waals surface area contributed by atoms with Crippen molar-refractivity contribution in [1.82, 2.24) is 20.4 Å². The maximum atomic E-state index is 12.8. The summed E-state index contributed by atoms with van der Waals surface area (Å²) in [6.07, 6.45) is 2.39. The summed E-state index contributed by atoms with van der Waals surface area (Å²) in [6, 6.07) is 10.1. The number of fused-ring (bicyclic) bond motifs is 1. The molecule has 2 aliphatic heterocycles. The largest absolute Gasteiger partial charge is 0.489 e. The normalized spacial score (nSPS) is 16.6. The van der Waals surface area contributed by atoms with Gasteiger partial charge in [-0.2, -0.15) is 5.10 Å². The molecule has 1 aromatic heterocycles. The number of anilines is 1. The number of H-pyrrole nitrogens is 1. The number of nitrogens with one attached hydrogen (secondary N) is 2. The molecule has 0 atom stereocenters. The van der Waals surface area contributed by atoms with Gasteiger partial charge in [-0.15, -0.1) is 0 Å². The Morgan fingerprint density at radius 3 is 2.54 bits per heavy atom. The van der Waals surface area contributed by atoms with Crippen LogP contribution in [0.25, 0.3) is 22.0 Å². The Bertz CT molecular complexity index is 1340. The van der Waals surface area contributed by atoms with Crippen LogP contribution < -0.4 is 15.0 Å².